The fraction of sp³-hybridized carbons (Fsp3) is 0.600. The van der Waals surface area contributed by atoms with Crippen LogP contribution < -0.4 is 10.6 Å². The molecule has 1 aromatic carbocycles. The lowest BCUT2D eigenvalue weighted by molar-refractivity contribution is 0.594. The molecule has 0 aliphatic heterocycles. The van der Waals surface area contributed by atoms with E-state index in [1.807, 2.05) is 36.7 Å². The third kappa shape index (κ3) is 4.69. The number of anilines is 1. The van der Waals surface area contributed by atoms with Crippen LogP contribution in [0.5, 0.6) is 0 Å². The molecule has 0 heterocycles. The highest BCUT2D eigenvalue weighted by Crippen LogP contribution is 2.27. The Kier molecular flexibility index (Phi) is 6.66. The lowest BCUT2D eigenvalue weighted by atomic mass is 10.0. The van der Waals surface area contributed by atoms with E-state index < -0.39 is 0 Å². The van der Waals surface area contributed by atoms with E-state index in [-0.39, 0.29) is 11.9 Å². The number of nitrogens with zero attached hydrogens (tertiary/aromatic N) is 1. The number of hydrogen-bond donors (Lipinski definition) is 1. The Labute approximate surface area is 120 Å². The molecular formula is C15H25FN2S. The van der Waals surface area contributed by atoms with Gasteiger partial charge in [-0.25, -0.2) is 4.39 Å². The molecule has 1 aromatic rings. The second-order valence-corrected chi connectivity index (χ2v) is 6.16. The summed E-state index contributed by atoms with van der Waals surface area (Å²) < 4.78 is 14.1. The van der Waals surface area contributed by atoms with Crippen LogP contribution in [0, 0.1) is 5.82 Å². The lowest BCUT2D eigenvalue weighted by Crippen LogP contribution is -2.32. The molecule has 2 nitrogen and oxygen atoms in total. The van der Waals surface area contributed by atoms with E-state index in [4.69, 9.17) is 5.73 Å². The Bertz CT molecular complexity index is 396. The maximum atomic E-state index is 14.1. The van der Waals surface area contributed by atoms with Gasteiger partial charge in [-0.1, -0.05) is 12.1 Å². The van der Waals surface area contributed by atoms with Crippen LogP contribution in [-0.4, -0.2) is 31.1 Å². The molecule has 0 bridgehead atoms. The number of benzene rings is 1. The summed E-state index contributed by atoms with van der Waals surface area (Å²) in [6.45, 7) is 4.09. The van der Waals surface area contributed by atoms with E-state index in [1.165, 1.54) is 6.07 Å². The molecule has 2 N–H and O–H groups in total. The molecule has 2 unspecified atom stereocenters. The number of nitrogens with two attached hydrogens (primary N) is 1. The van der Waals surface area contributed by atoms with Crippen LogP contribution in [0.3, 0.4) is 0 Å². The Morgan fingerprint density at radius 1 is 1.37 bits per heavy atom. The van der Waals surface area contributed by atoms with Crippen molar-refractivity contribution >= 4 is 17.4 Å². The number of hydrogen-bond acceptors (Lipinski definition) is 3. The Hall–Kier alpha value is -0.740. The van der Waals surface area contributed by atoms with Gasteiger partial charge in [0.05, 0.1) is 5.69 Å². The zero-order valence-corrected chi connectivity index (χ0v) is 13.1. The molecule has 0 spiro atoms. The molecular weight excluding hydrogens is 259 g/mol. The predicted octanol–water partition coefficient (Wildman–Crippen LogP) is 3.29. The zero-order chi connectivity index (χ0) is 14.4. The molecule has 0 aliphatic carbocycles. The molecule has 0 amide bonds. The second kappa shape index (κ2) is 7.75. The van der Waals surface area contributed by atoms with Crippen LogP contribution in [0.25, 0.3) is 0 Å². The van der Waals surface area contributed by atoms with Gasteiger partial charge in [-0.15, -0.1) is 0 Å². The summed E-state index contributed by atoms with van der Waals surface area (Å²) in [6.07, 6.45) is 3.84. The maximum Gasteiger partial charge on any atom is 0.146 e. The number of rotatable bonds is 7. The third-order valence-corrected chi connectivity index (χ3v) is 4.01. The van der Waals surface area contributed by atoms with Crippen molar-refractivity contribution in [3.8, 4) is 0 Å². The first kappa shape index (κ1) is 16.3. The van der Waals surface area contributed by atoms with Gasteiger partial charge in [0.1, 0.15) is 5.82 Å². The van der Waals surface area contributed by atoms with Crippen molar-refractivity contribution < 1.29 is 4.39 Å². The van der Waals surface area contributed by atoms with E-state index in [2.05, 4.69) is 13.2 Å². The minimum Gasteiger partial charge on any atom is -0.369 e. The minimum absolute atomic E-state index is 0.0375. The molecule has 0 fully saturated rings. The van der Waals surface area contributed by atoms with Crippen molar-refractivity contribution in [3.05, 3.63) is 29.6 Å². The monoisotopic (exact) mass is 284 g/mol. The average molecular weight is 284 g/mol. The summed E-state index contributed by atoms with van der Waals surface area (Å²) in [5.41, 5.74) is 7.55. The van der Waals surface area contributed by atoms with E-state index in [0.717, 1.165) is 17.7 Å². The smallest absolute Gasteiger partial charge is 0.146 e. The topological polar surface area (TPSA) is 29.3 Å². The first-order valence-corrected chi connectivity index (χ1v) is 8.11. The van der Waals surface area contributed by atoms with Gasteiger partial charge < -0.3 is 10.6 Å². The highest BCUT2D eigenvalue weighted by Gasteiger charge is 2.18. The van der Waals surface area contributed by atoms with Crippen molar-refractivity contribution in [1.82, 2.24) is 0 Å². The first-order chi connectivity index (χ1) is 8.97. The number of thioether (sulfide) groups is 1. The predicted molar refractivity (Wildman–Crippen MR) is 84.6 cm³/mol. The van der Waals surface area contributed by atoms with Crippen molar-refractivity contribution in [2.75, 3.05) is 24.0 Å². The van der Waals surface area contributed by atoms with Gasteiger partial charge in [0.2, 0.25) is 0 Å². The normalized spacial score (nSPS) is 14.2. The Balaban J connectivity index is 2.96. The van der Waals surface area contributed by atoms with Crippen LogP contribution in [0.1, 0.15) is 25.8 Å². The van der Waals surface area contributed by atoms with Gasteiger partial charge in [0.25, 0.3) is 0 Å². The van der Waals surface area contributed by atoms with E-state index in [9.17, 15) is 4.39 Å². The van der Waals surface area contributed by atoms with Crippen LogP contribution in [0.2, 0.25) is 0 Å². The summed E-state index contributed by atoms with van der Waals surface area (Å²) in [7, 11) is 1.97. The fourth-order valence-electron chi connectivity index (χ4n) is 2.17. The van der Waals surface area contributed by atoms with Crippen LogP contribution in [0.4, 0.5) is 10.1 Å². The molecule has 108 valence electrons. The van der Waals surface area contributed by atoms with Crippen molar-refractivity contribution in [2.45, 2.75) is 38.8 Å². The number of para-hydroxylation sites is 1. The summed E-state index contributed by atoms with van der Waals surface area (Å²) in [5.74, 6) is 0.930. The van der Waals surface area contributed by atoms with Crippen LogP contribution in [0.15, 0.2) is 18.2 Å². The van der Waals surface area contributed by atoms with E-state index in [0.29, 0.717) is 18.2 Å². The fourth-order valence-corrected chi connectivity index (χ4v) is 2.75. The molecule has 2 atom stereocenters. The quantitative estimate of drug-likeness (QED) is 0.833. The van der Waals surface area contributed by atoms with Gasteiger partial charge in [-0.3, -0.25) is 0 Å². The molecule has 0 aliphatic rings. The maximum absolute atomic E-state index is 14.1. The summed E-state index contributed by atoms with van der Waals surface area (Å²) >= 11 is 1.82. The standard InChI is InChI=1S/C15H25FN2S/c1-11(17)10-13-6-5-7-14(16)15(13)18(3)12(2)8-9-19-4/h5-7,11-12H,8-10,17H2,1-4H3. The molecule has 0 aromatic heterocycles. The van der Waals surface area contributed by atoms with Crippen molar-refractivity contribution in [2.24, 2.45) is 5.73 Å². The third-order valence-electron chi connectivity index (χ3n) is 3.37. The SMILES string of the molecule is CSCCC(C)N(C)c1c(F)cccc1CC(C)N. The lowest BCUT2D eigenvalue weighted by Gasteiger charge is -2.29. The van der Waals surface area contributed by atoms with Crippen molar-refractivity contribution in [3.63, 3.8) is 0 Å². The highest BCUT2D eigenvalue weighted by molar-refractivity contribution is 7.98. The molecule has 1 rings (SSSR count). The first-order valence-electron chi connectivity index (χ1n) is 6.72. The van der Waals surface area contributed by atoms with Gasteiger partial charge in [0, 0.05) is 19.1 Å². The molecule has 0 saturated heterocycles. The van der Waals surface area contributed by atoms with Gasteiger partial charge in [0.15, 0.2) is 0 Å². The molecule has 0 saturated carbocycles. The van der Waals surface area contributed by atoms with Crippen LogP contribution >= 0.6 is 11.8 Å². The minimum atomic E-state index is -0.156. The van der Waals surface area contributed by atoms with Gasteiger partial charge >= 0.3 is 0 Å². The van der Waals surface area contributed by atoms with Crippen molar-refractivity contribution in [1.29, 1.82) is 0 Å². The summed E-state index contributed by atoms with van der Waals surface area (Å²) in [5, 5.41) is 0. The van der Waals surface area contributed by atoms with Gasteiger partial charge in [-0.05, 0) is 50.3 Å². The summed E-state index contributed by atoms with van der Waals surface area (Å²) in [4.78, 5) is 2.04. The van der Waals surface area contributed by atoms with E-state index >= 15 is 0 Å². The second-order valence-electron chi connectivity index (χ2n) is 5.17. The van der Waals surface area contributed by atoms with E-state index in [1.54, 1.807) is 6.07 Å². The summed E-state index contributed by atoms with van der Waals surface area (Å²) in [6, 6.07) is 5.61. The largest absolute Gasteiger partial charge is 0.369 e. The highest BCUT2D eigenvalue weighted by atomic mass is 32.2. The number of halogens is 1. The average Bonchev–Trinajstić information content (AvgIpc) is 2.34. The molecule has 4 heteroatoms. The Morgan fingerprint density at radius 3 is 2.63 bits per heavy atom. The zero-order valence-electron chi connectivity index (χ0n) is 12.3. The Morgan fingerprint density at radius 2 is 2.05 bits per heavy atom. The molecule has 19 heavy (non-hydrogen) atoms. The van der Waals surface area contributed by atoms with Gasteiger partial charge in [-0.2, -0.15) is 11.8 Å². The molecule has 0 radical (unpaired) electrons. The van der Waals surface area contributed by atoms with Crippen LogP contribution in [-0.2, 0) is 6.42 Å².